The molecule has 6 rings (SSSR count). The van der Waals surface area contributed by atoms with E-state index in [0.717, 1.165) is 13.1 Å². The van der Waals surface area contributed by atoms with Gasteiger partial charge in [-0.1, -0.05) is 13.0 Å². The lowest BCUT2D eigenvalue weighted by Crippen LogP contribution is -2.37. The van der Waals surface area contributed by atoms with Crippen molar-refractivity contribution in [3.05, 3.63) is 51.6 Å². The molecule has 36 heavy (non-hydrogen) atoms. The van der Waals surface area contributed by atoms with Gasteiger partial charge in [0.25, 0.3) is 0 Å². The Balaban J connectivity index is 1.64. The highest BCUT2D eigenvalue weighted by Gasteiger charge is 2.35. The number of phenolic OH excluding ortho intramolecular Hbond substituents is 1. The Bertz CT molecular complexity index is 1570. The number of aryl methyl sites for hydroxylation is 2. The number of methoxy groups -OCH3 is 1. The van der Waals surface area contributed by atoms with Gasteiger partial charge in [-0.05, 0) is 79.0 Å². The standard InChI is InChI=1S/C28H28FN3O4/c1-4-19-21(29)8-7-17-10-18(33)11-20(22(17)19)25-14(2)24-23(27(34)36-25)26(31-28(30-24)35-3)32-12-15-5-6-16(9-15)13-32/h7-8,10-11,15-16,33H,4-6,9,12-13H2,1-3H3. The maximum absolute atomic E-state index is 14.8. The van der Waals surface area contributed by atoms with Crippen LogP contribution in [0.4, 0.5) is 10.2 Å². The fourth-order valence-corrected chi connectivity index (χ4v) is 6.20. The number of halogens is 1. The molecule has 0 radical (unpaired) electrons. The first kappa shape index (κ1) is 22.8. The zero-order valence-electron chi connectivity index (χ0n) is 20.6. The molecule has 1 N–H and O–H groups in total. The highest BCUT2D eigenvalue weighted by molar-refractivity contribution is 6.02. The van der Waals surface area contributed by atoms with E-state index in [2.05, 4.69) is 14.9 Å². The number of benzene rings is 2. The van der Waals surface area contributed by atoms with Gasteiger partial charge in [0.15, 0.2) is 5.82 Å². The zero-order chi connectivity index (χ0) is 25.1. The molecule has 2 aromatic carbocycles. The monoisotopic (exact) mass is 489 g/mol. The van der Waals surface area contributed by atoms with E-state index in [1.165, 1.54) is 38.5 Å². The van der Waals surface area contributed by atoms with Gasteiger partial charge in [0.05, 0.1) is 12.6 Å². The summed E-state index contributed by atoms with van der Waals surface area (Å²) in [4.78, 5) is 24.9. The number of piperidine rings is 1. The largest absolute Gasteiger partial charge is 0.508 e. The molecule has 2 aliphatic rings. The van der Waals surface area contributed by atoms with Crippen molar-refractivity contribution in [2.24, 2.45) is 11.8 Å². The highest BCUT2D eigenvalue weighted by atomic mass is 19.1. The van der Waals surface area contributed by atoms with Gasteiger partial charge in [-0.25, -0.2) is 9.18 Å². The Morgan fingerprint density at radius 2 is 1.92 bits per heavy atom. The number of phenols is 1. The van der Waals surface area contributed by atoms with Crippen molar-refractivity contribution in [3.63, 3.8) is 0 Å². The maximum atomic E-state index is 14.8. The Morgan fingerprint density at radius 3 is 2.61 bits per heavy atom. The van der Waals surface area contributed by atoms with E-state index in [-0.39, 0.29) is 23.3 Å². The molecule has 1 aliphatic carbocycles. The van der Waals surface area contributed by atoms with Crippen molar-refractivity contribution in [1.29, 1.82) is 0 Å². The van der Waals surface area contributed by atoms with Crippen molar-refractivity contribution in [1.82, 2.24) is 9.97 Å². The molecule has 3 heterocycles. The molecular formula is C28H28FN3O4. The Hall–Kier alpha value is -3.68. The Morgan fingerprint density at radius 1 is 1.17 bits per heavy atom. The number of fused-ring (bicyclic) bond motifs is 4. The number of aromatic hydroxyl groups is 1. The number of hydrogen-bond donors (Lipinski definition) is 1. The van der Waals surface area contributed by atoms with Crippen LogP contribution in [-0.4, -0.2) is 35.3 Å². The third-order valence-electron chi connectivity index (χ3n) is 7.80. The average molecular weight is 490 g/mol. The summed E-state index contributed by atoms with van der Waals surface area (Å²) in [5.74, 6) is 1.63. The Kier molecular flexibility index (Phi) is 5.35. The molecule has 2 unspecified atom stereocenters. The quantitative estimate of drug-likeness (QED) is 0.413. The summed E-state index contributed by atoms with van der Waals surface area (Å²) >= 11 is 0. The molecule has 0 amide bonds. The van der Waals surface area contributed by atoms with Crippen LogP contribution >= 0.6 is 0 Å². The second-order valence-corrected chi connectivity index (χ2v) is 10.0. The van der Waals surface area contributed by atoms with Crippen molar-refractivity contribution >= 4 is 27.5 Å². The molecule has 2 aromatic heterocycles. The zero-order valence-corrected chi connectivity index (χ0v) is 20.6. The lowest BCUT2D eigenvalue weighted by atomic mass is 9.93. The molecule has 2 bridgehead atoms. The molecule has 186 valence electrons. The number of hydrogen-bond acceptors (Lipinski definition) is 7. The minimum atomic E-state index is -0.563. The third kappa shape index (κ3) is 3.50. The first-order chi connectivity index (χ1) is 17.4. The minimum absolute atomic E-state index is 0.00180. The van der Waals surface area contributed by atoms with E-state index >= 15 is 0 Å². The van der Waals surface area contributed by atoms with Crippen molar-refractivity contribution in [2.45, 2.75) is 39.5 Å². The van der Waals surface area contributed by atoms with Gasteiger partial charge in [-0.15, -0.1) is 0 Å². The SMILES string of the molecule is CCc1c(F)ccc2cc(O)cc(-c3oc(=O)c4c(N5CC6CCC(C6)C5)nc(OC)nc4c3C)c12. The number of rotatable bonds is 4. The summed E-state index contributed by atoms with van der Waals surface area (Å²) < 4.78 is 26.2. The Labute approximate surface area is 207 Å². The van der Waals surface area contributed by atoms with E-state index in [4.69, 9.17) is 9.15 Å². The molecule has 2 atom stereocenters. The van der Waals surface area contributed by atoms with E-state index in [1.807, 2.05) is 13.8 Å². The van der Waals surface area contributed by atoms with Crippen molar-refractivity contribution < 1.29 is 18.7 Å². The lowest BCUT2D eigenvalue weighted by molar-refractivity contribution is 0.378. The van der Waals surface area contributed by atoms with E-state index < -0.39 is 5.63 Å². The average Bonchev–Trinajstić information content (AvgIpc) is 3.22. The van der Waals surface area contributed by atoms with Gasteiger partial charge >= 0.3 is 11.6 Å². The first-order valence-electron chi connectivity index (χ1n) is 12.5. The molecule has 2 fully saturated rings. The van der Waals surface area contributed by atoms with Crippen LogP contribution in [0.3, 0.4) is 0 Å². The molecule has 8 heteroatoms. The van der Waals surface area contributed by atoms with Gasteiger partial charge in [0, 0.05) is 24.2 Å². The van der Waals surface area contributed by atoms with Crippen LogP contribution in [0, 0.1) is 24.6 Å². The molecule has 1 saturated carbocycles. The molecule has 1 saturated heterocycles. The third-order valence-corrected chi connectivity index (χ3v) is 7.80. The van der Waals surface area contributed by atoms with Gasteiger partial charge < -0.3 is 19.2 Å². The molecule has 1 aliphatic heterocycles. The predicted molar refractivity (Wildman–Crippen MR) is 136 cm³/mol. The number of ether oxygens (including phenoxy) is 1. The number of aromatic nitrogens is 2. The van der Waals surface area contributed by atoms with Crippen LogP contribution in [0.2, 0.25) is 0 Å². The van der Waals surface area contributed by atoms with E-state index in [1.54, 1.807) is 12.1 Å². The van der Waals surface area contributed by atoms with Crippen LogP contribution in [0.25, 0.3) is 33.0 Å². The highest BCUT2D eigenvalue weighted by Crippen LogP contribution is 2.42. The molecular weight excluding hydrogens is 461 g/mol. The van der Waals surface area contributed by atoms with Gasteiger partial charge in [0.1, 0.15) is 22.7 Å². The molecule has 0 spiro atoms. The minimum Gasteiger partial charge on any atom is -0.508 e. The molecule has 4 aromatic rings. The van der Waals surface area contributed by atoms with Crippen LogP contribution in [0.5, 0.6) is 11.8 Å². The summed E-state index contributed by atoms with van der Waals surface area (Å²) in [6.07, 6.45) is 4.05. The van der Waals surface area contributed by atoms with Crippen LogP contribution < -0.4 is 15.3 Å². The van der Waals surface area contributed by atoms with Crippen LogP contribution in [-0.2, 0) is 6.42 Å². The summed E-state index contributed by atoms with van der Waals surface area (Å²) in [6.45, 7) is 5.36. The second kappa shape index (κ2) is 8.47. The van der Waals surface area contributed by atoms with Crippen LogP contribution in [0.1, 0.15) is 37.3 Å². The van der Waals surface area contributed by atoms with Gasteiger partial charge in [-0.3, -0.25) is 0 Å². The van der Waals surface area contributed by atoms with Gasteiger partial charge in [0.2, 0.25) is 0 Å². The topological polar surface area (TPSA) is 88.7 Å². The van der Waals surface area contributed by atoms with Crippen molar-refractivity contribution in [3.8, 4) is 23.1 Å². The van der Waals surface area contributed by atoms with E-state index in [9.17, 15) is 14.3 Å². The maximum Gasteiger partial charge on any atom is 0.349 e. The van der Waals surface area contributed by atoms with Crippen molar-refractivity contribution in [2.75, 3.05) is 25.1 Å². The fourth-order valence-electron chi connectivity index (χ4n) is 6.20. The second-order valence-electron chi connectivity index (χ2n) is 10.0. The smallest absolute Gasteiger partial charge is 0.349 e. The normalized spacial score (nSPS) is 19.4. The fraction of sp³-hybridized carbons (Fsp3) is 0.393. The van der Waals surface area contributed by atoms with Crippen LogP contribution in [0.15, 0.2) is 33.5 Å². The lowest BCUT2D eigenvalue weighted by Gasteiger charge is -2.33. The molecule has 7 nitrogen and oxygen atoms in total. The van der Waals surface area contributed by atoms with Gasteiger partial charge in [-0.2, -0.15) is 9.97 Å². The predicted octanol–water partition coefficient (Wildman–Crippen LogP) is 5.36. The van der Waals surface area contributed by atoms with E-state index in [0.29, 0.717) is 62.4 Å². The summed E-state index contributed by atoms with van der Waals surface area (Å²) in [5.41, 5.74) is 1.42. The summed E-state index contributed by atoms with van der Waals surface area (Å²) in [6, 6.07) is 6.29. The summed E-state index contributed by atoms with van der Waals surface area (Å²) in [5, 5.41) is 12.1. The number of nitrogens with zero attached hydrogens (tertiary/aromatic N) is 3. The first-order valence-corrected chi connectivity index (χ1v) is 12.5. The number of anilines is 1. The summed E-state index contributed by atoms with van der Waals surface area (Å²) in [7, 11) is 1.51.